The fraction of sp³-hybridized carbons (Fsp3) is 0.889. The van der Waals surface area contributed by atoms with Crippen molar-refractivity contribution in [1.82, 2.24) is 10.6 Å². The minimum absolute atomic E-state index is 0.0103. The van der Waals surface area contributed by atoms with Crippen molar-refractivity contribution in [2.24, 2.45) is 5.41 Å². The van der Waals surface area contributed by atoms with Crippen molar-refractivity contribution in [3.63, 3.8) is 0 Å². The zero-order valence-corrected chi connectivity index (χ0v) is 12.1. The highest BCUT2D eigenvalue weighted by molar-refractivity contribution is 8.54. The number of amides is 1. The van der Waals surface area contributed by atoms with E-state index in [0.29, 0.717) is 36.8 Å². The largest absolute Gasteiger partial charge is 0.384 e. The molecule has 0 aliphatic rings. The maximum atomic E-state index is 11.4. The van der Waals surface area contributed by atoms with E-state index >= 15 is 0 Å². The molecule has 0 saturated heterocycles. The van der Waals surface area contributed by atoms with Crippen molar-refractivity contribution >= 4 is 24.1 Å². The van der Waals surface area contributed by atoms with Gasteiger partial charge in [0.25, 0.3) is 0 Å². The second-order valence-electron chi connectivity index (χ2n) is 4.58. The molecule has 0 aromatic carbocycles. The Morgan fingerprint density at radius 2 is 1.82 bits per heavy atom. The summed E-state index contributed by atoms with van der Waals surface area (Å²) in [4.78, 5) is 28.6. The topological polar surface area (TPSA) is 98.7 Å². The lowest BCUT2D eigenvalue weighted by Gasteiger charge is -2.17. The maximum absolute atomic E-state index is 11.4. The molecule has 1 amide bonds. The van der Waals surface area contributed by atoms with Crippen LogP contribution >= 0.6 is 18.2 Å². The van der Waals surface area contributed by atoms with Crippen LogP contribution in [0.3, 0.4) is 0 Å². The first-order valence-electron chi connectivity index (χ1n) is 5.32. The highest BCUT2D eigenvalue weighted by atomic mass is 32.7. The van der Waals surface area contributed by atoms with Gasteiger partial charge in [-0.25, -0.2) is 4.57 Å². The van der Waals surface area contributed by atoms with Crippen molar-refractivity contribution in [1.29, 1.82) is 0 Å². The van der Waals surface area contributed by atoms with E-state index in [-0.39, 0.29) is 5.91 Å². The monoisotopic (exact) mass is 284 g/mol. The lowest BCUT2D eigenvalue weighted by atomic mass is 9.96. The molecule has 0 heterocycles. The summed E-state index contributed by atoms with van der Waals surface area (Å²) in [6, 6.07) is 0. The normalized spacial score (nSPS) is 12.5. The number of rotatable bonds is 7. The van der Waals surface area contributed by atoms with Crippen molar-refractivity contribution in [2.45, 2.75) is 20.8 Å². The fourth-order valence-corrected chi connectivity index (χ4v) is 2.35. The van der Waals surface area contributed by atoms with E-state index in [1.54, 1.807) is 0 Å². The first-order valence-corrected chi connectivity index (χ1v) is 8.52. The van der Waals surface area contributed by atoms with Gasteiger partial charge in [-0.2, -0.15) is 0 Å². The van der Waals surface area contributed by atoms with E-state index in [1.807, 2.05) is 20.8 Å². The Bertz CT molecular complexity index is 287. The lowest BCUT2D eigenvalue weighted by Crippen LogP contribution is -2.39. The molecular formula is C9H21N2O4PS. The van der Waals surface area contributed by atoms with Crippen LogP contribution in [0, 0.1) is 5.41 Å². The van der Waals surface area contributed by atoms with Gasteiger partial charge in [-0.15, -0.1) is 0 Å². The highest BCUT2D eigenvalue weighted by Gasteiger charge is 2.20. The predicted molar refractivity (Wildman–Crippen MR) is 69.8 cm³/mol. The Morgan fingerprint density at radius 1 is 1.24 bits per heavy atom. The molecule has 6 nitrogen and oxygen atoms in total. The Kier molecular flexibility index (Phi) is 7.35. The summed E-state index contributed by atoms with van der Waals surface area (Å²) in [6.07, 6.45) is 0. The number of hydrogen-bond acceptors (Lipinski definition) is 4. The third kappa shape index (κ3) is 10.8. The van der Waals surface area contributed by atoms with Crippen LogP contribution in [0.15, 0.2) is 0 Å². The second kappa shape index (κ2) is 7.38. The molecule has 0 aliphatic heterocycles. The zero-order chi connectivity index (χ0) is 13.5. The second-order valence-corrected chi connectivity index (χ2v) is 8.43. The lowest BCUT2D eigenvalue weighted by molar-refractivity contribution is -0.128. The van der Waals surface area contributed by atoms with Gasteiger partial charge in [-0.05, 0) is 11.4 Å². The molecule has 0 spiro atoms. The third-order valence-corrected chi connectivity index (χ3v) is 4.09. The summed E-state index contributed by atoms with van der Waals surface area (Å²) in [7, 11) is 0. The van der Waals surface area contributed by atoms with Crippen molar-refractivity contribution in [3.8, 4) is 0 Å². The molecule has 102 valence electrons. The van der Waals surface area contributed by atoms with Crippen LogP contribution in [-0.2, 0) is 9.36 Å². The van der Waals surface area contributed by atoms with Gasteiger partial charge in [0.15, 0.2) is 0 Å². The number of hydrogen-bond donors (Lipinski definition) is 4. The molecule has 0 fully saturated rings. The molecule has 0 aromatic rings. The summed E-state index contributed by atoms with van der Waals surface area (Å²) in [5.74, 6) is 0.334. The van der Waals surface area contributed by atoms with E-state index in [2.05, 4.69) is 10.6 Å². The number of carbonyl (C=O) groups excluding carboxylic acids is 1. The zero-order valence-electron chi connectivity index (χ0n) is 10.4. The average molecular weight is 284 g/mol. The molecule has 8 heteroatoms. The van der Waals surface area contributed by atoms with Gasteiger partial charge >= 0.3 is 6.80 Å². The van der Waals surface area contributed by atoms with Gasteiger partial charge in [0.2, 0.25) is 5.91 Å². The molecule has 0 radical (unpaired) electrons. The fourth-order valence-electron chi connectivity index (χ4n) is 0.891. The van der Waals surface area contributed by atoms with Crippen LogP contribution in [0.1, 0.15) is 20.8 Å². The van der Waals surface area contributed by atoms with E-state index < -0.39 is 12.2 Å². The summed E-state index contributed by atoms with van der Waals surface area (Å²) in [5, 5.41) is 5.75. The first kappa shape index (κ1) is 16.9. The van der Waals surface area contributed by atoms with Crippen LogP contribution in [0.4, 0.5) is 0 Å². The Morgan fingerprint density at radius 3 is 2.29 bits per heavy atom. The summed E-state index contributed by atoms with van der Waals surface area (Å²) < 4.78 is 10.5. The quantitative estimate of drug-likeness (QED) is 0.403. The molecular weight excluding hydrogens is 263 g/mol. The van der Waals surface area contributed by atoms with E-state index in [1.165, 1.54) is 0 Å². The van der Waals surface area contributed by atoms with Gasteiger partial charge in [0.1, 0.15) is 0 Å². The van der Waals surface area contributed by atoms with Gasteiger partial charge in [0.05, 0.1) is 0 Å². The molecule has 0 unspecified atom stereocenters. The number of nitrogens with one attached hydrogen (secondary N) is 2. The minimum atomic E-state index is -3.95. The van der Waals surface area contributed by atoms with E-state index in [4.69, 9.17) is 9.79 Å². The predicted octanol–water partition coefficient (Wildman–Crippen LogP) is 0.564. The Hall–Kier alpha value is -0.0700. The molecule has 0 bridgehead atoms. The Labute approximate surface area is 106 Å². The molecule has 0 aromatic heterocycles. The van der Waals surface area contributed by atoms with E-state index in [0.717, 1.165) is 0 Å². The van der Waals surface area contributed by atoms with E-state index in [9.17, 15) is 9.36 Å². The first-order chi connectivity index (χ1) is 7.63. The standard InChI is InChI=1S/C9H21N2O4PS/c1-9(2,3)8(12)11-5-4-10-6-7-17-16(13,14)15/h10H,4-7H2,1-3H3,(H,11,12)(H2,13,14,15). The van der Waals surface area contributed by atoms with Gasteiger partial charge in [-0.3, -0.25) is 4.79 Å². The summed E-state index contributed by atoms with van der Waals surface area (Å²) in [5.41, 5.74) is -0.393. The summed E-state index contributed by atoms with van der Waals surface area (Å²) >= 11 is 0.619. The number of carbonyl (C=O) groups is 1. The maximum Gasteiger partial charge on any atom is 0.384 e. The van der Waals surface area contributed by atoms with Crippen molar-refractivity contribution < 1.29 is 19.1 Å². The molecule has 0 saturated carbocycles. The smallest absolute Gasteiger partial charge is 0.354 e. The molecule has 0 aliphatic carbocycles. The van der Waals surface area contributed by atoms with Crippen molar-refractivity contribution in [2.75, 3.05) is 25.4 Å². The molecule has 4 N–H and O–H groups in total. The molecule has 0 atom stereocenters. The third-order valence-electron chi connectivity index (χ3n) is 1.81. The van der Waals surface area contributed by atoms with Crippen LogP contribution in [0.25, 0.3) is 0 Å². The van der Waals surface area contributed by atoms with Gasteiger partial charge in [0, 0.05) is 30.8 Å². The molecule has 0 rings (SSSR count). The summed E-state index contributed by atoms with van der Waals surface area (Å²) in [6.45, 7) is 3.17. The van der Waals surface area contributed by atoms with Gasteiger partial charge in [-0.1, -0.05) is 20.8 Å². The van der Waals surface area contributed by atoms with Crippen molar-refractivity contribution in [3.05, 3.63) is 0 Å². The van der Waals surface area contributed by atoms with Crippen LogP contribution < -0.4 is 10.6 Å². The SMILES string of the molecule is CC(C)(C)C(=O)NCCNCCSP(=O)(O)O. The van der Waals surface area contributed by atoms with Crippen LogP contribution in [0.5, 0.6) is 0 Å². The van der Waals surface area contributed by atoms with Crippen LogP contribution in [0.2, 0.25) is 0 Å². The highest BCUT2D eigenvalue weighted by Crippen LogP contribution is 2.49. The van der Waals surface area contributed by atoms with Gasteiger partial charge < -0.3 is 20.4 Å². The Balaban J connectivity index is 3.42. The van der Waals surface area contributed by atoms with Crippen LogP contribution in [-0.4, -0.2) is 41.1 Å². The molecule has 17 heavy (non-hydrogen) atoms. The average Bonchev–Trinajstić information content (AvgIpc) is 2.12. The minimum Gasteiger partial charge on any atom is -0.354 e.